The molecule has 2 nitrogen and oxygen atoms in total. The molecule has 1 aliphatic heterocycles. The highest BCUT2D eigenvalue weighted by Gasteiger charge is 2.36. The van der Waals surface area contributed by atoms with Crippen LogP contribution in [0.25, 0.3) is 0 Å². The highest BCUT2D eigenvalue weighted by Crippen LogP contribution is 2.33. The van der Waals surface area contributed by atoms with E-state index >= 15 is 0 Å². The van der Waals surface area contributed by atoms with Crippen LogP contribution in [-0.2, 0) is 6.54 Å². The number of halogens is 1. The van der Waals surface area contributed by atoms with Gasteiger partial charge in [-0.1, -0.05) is 19.9 Å². The molecule has 0 amide bonds. The van der Waals surface area contributed by atoms with E-state index in [-0.39, 0.29) is 11.4 Å². The van der Waals surface area contributed by atoms with Gasteiger partial charge >= 0.3 is 0 Å². The SMILES string of the molecule is CCC(C)(CC)N1Cc2ccc(F)cc2C1=N. The lowest BCUT2D eigenvalue weighted by Crippen LogP contribution is -2.45. The summed E-state index contributed by atoms with van der Waals surface area (Å²) in [6, 6.07) is 4.75. The zero-order valence-electron chi connectivity index (χ0n) is 10.7. The van der Waals surface area contributed by atoms with Crippen LogP contribution in [0.2, 0.25) is 0 Å². The van der Waals surface area contributed by atoms with Crippen molar-refractivity contribution in [2.24, 2.45) is 0 Å². The highest BCUT2D eigenvalue weighted by molar-refractivity contribution is 6.00. The minimum absolute atomic E-state index is 0.00736. The molecule has 1 aromatic carbocycles. The Labute approximate surface area is 102 Å². The van der Waals surface area contributed by atoms with Crippen LogP contribution in [-0.4, -0.2) is 16.3 Å². The molecule has 1 heterocycles. The zero-order valence-corrected chi connectivity index (χ0v) is 10.7. The molecule has 0 aromatic heterocycles. The van der Waals surface area contributed by atoms with Gasteiger partial charge in [-0.3, -0.25) is 5.41 Å². The number of nitrogens with one attached hydrogen (secondary N) is 1. The largest absolute Gasteiger partial charge is 0.347 e. The summed E-state index contributed by atoms with van der Waals surface area (Å²) in [5.74, 6) is 0.204. The Balaban J connectivity index is 2.37. The van der Waals surface area contributed by atoms with Gasteiger partial charge < -0.3 is 4.90 Å². The molecule has 0 atom stereocenters. The Morgan fingerprint density at radius 1 is 1.35 bits per heavy atom. The molecule has 0 spiro atoms. The van der Waals surface area contributed by atoms with Gasteiger partial charge in [0.2, 0.25) is 0 Å². The molecule has 92 valence electrons. The van der Waals surface area contributed by atoms with Crippen LogP contribution >= 0.6 is 0 Å². The number of rotatable bonds is 3. The Morgan fingerprint density at radius 3 is 2.59 bits per heavy atom. The van der Waals surface area contributed by atoms with E-state index in [1.165, 1.54) is 12.1 Å². The van der Waals surface area contributed by atoms with Crippen LogP contribution in [0, 0.1) is 11.2 Å². The van der Waals surface area contributed by atoms with Gasteiger partial charge in [-0.25, -0.2) is 4.39 Å². The average molecular weight is 234 g/mol. The molecular formula is C14H19FN2. The van der Waals surface area contributed by atoms with Gasteiger partial charge in [-0.15, -0.1) is 0 Å². The topological polar surface area (TPSA) is 27.1 Å². The molecule has 2 rings (SSSR count). The molecule has 0 aliphatic carbocycles. The lowest BCUT2D eigenvalue weighted by molar-refractivity contribution is 0.178. The lowest BCUT2D eigenvalue weighted by Gasteiger charge is -2.39. The summed E-state index contributed by atoms with van der Waals surface area (Å²) in [6.07, 6.45) is 1.98. The quantitative estimate of drug-likeness (QED) is 0.850. The van der Waals surface area contributed by atoms with E-state index < -0.39 is 0 Å². The monoisotopic (exact) mass is 234 g/mol. The van der Waals surface area contributed by atoms with Crippen molar-refractivity contribution in [1.29, 1.82) is 5.41 Å². The van der Waals surface area contributed by atoms with Crippen LogP contribution in [0.1, 0.15) is 44.7 Å². The Bertz CT molecular complexity index is 450. The third-order valence-electron chi connectivity index (χ3n) is 4.10. The van der Waals surface area contributed by atoms with E-state index in [0.717, 1.165) is 30.5 Å². The van der Waals surface area contributed by atoms with Crippen molar-refractivity contribution in [2.45, 2.75) is 45.7 Å². The number of fused-ring (bicyclic) bond motifs is 1. The summed E-state index contributed by atoms with van der Waals surface area (Å²) in [5, 5.41) is 8.21. The molecule has 0 saturated carbocycles. The van der Waals surface area contributed by atoms with Crippen molar-refractivity contribution in [2.75, 3.05) is 0 Å². The fourth-order valence-electron chi connectivity index (χ4n) is 2.39. The fourth-order valence-corrected chi connectivity index (χ4v) is 2.39. The van der Waals surface area contributed by atoms with Crippen LogP contribution in [0.5, 0.6) is 0 Å². The van der Waals surface area contributed by atoms with E-state index in [2.05, 4.69) is 25.7 Å². The summed E-state index contributed by atoms with van der Waals surface area (Å²) in [5.41, 5.74) is 1.80. The van der Waals surface area contributed by atoms with Gasteiger partial charge in [0.1, 0.15) is 11.7 Å². The van der Waals surface area contributed by atoms with Crippen molar-refractivity contribution in [3.8, 4) is 0 Å². The van der Waals surface area contributed by atoms with Gasteiger partial charge in [0, 0.05) is 17.6 Å². The fraction of sp³-hybridized carbons (Fsp3) is 0.500. The van der Waals surface area contributed by atoms with E-state index in [0.29, 0.717) is 5.84 Å². The van der Waals surface area contributed by atoms with Gasteiger partial charge in [0.25, 0.3) is 0 Å². The molecule has 17 heavy (non-hydrogen) atoms. The third kappa shape index (κ3) is 1.84. The molecule has 3 heteroatoms. The van der Waals surface area contributed by atoms with Crippen molar-refractivity contribution in [3.05, 3.63) is 35.1 Å². The first-order valence-electron chi connectivity index (χ1n) is 6.17. The summed E-state index contributed by atoms with van der Waals surface area (Å²) >= 11 is 0. The van der Waals surface area contributed by atoms with Gasteiger partial charge in [-0.2, -0.15) is 0 Å². The van der Waals surface area contributed by atoms with Crippen molar-refractivity contribution >= 4 is 5.84 Å². The van der Waals surface area contributed by atoms with E-state index in [1.807, 2.05) is 0 Å². The average Bonchev–Trinajstić information content (AvgIpc) is 2.66. The molecule has 0 radical (unpaired) electrons. The van der Waals surface area contributed by atoms with Crippen LogP contribution < -0.4 is 0 Å². The van der Waals surface area contributed by atoms with Gasteiger partial charge in [0.15, 0.2) is 0 Å². The maximum Gasteiger partial charge on any atom is 0.129 e. The molecule has 0 bridgehead atoms. The first kappa shape index (κ1) is 12.1. The maximum atomic E-state index is 13.2. The standard InChI is InChI=1S/C14H19FN2/c1-4-14(3,5-2)17-9-10-6-7-11(15)8-12(10)13(17)16/h6-8,16H,4-5,9H2,1-3H3. The van der Waals surface area contributed by atoms with Crippen LogP contribution in [0.3, 0.4) is 0 Å². The van der Waals surface area contributed by atoms with E-state index in [4.69, 9.17) is 5.41 Å². The number of hydrogen-bond donors (Lipinski definition) is 1. The molecule has 0 fully saturated rings. The Kier molecular flexibility index (Phi) is 2.94. The van der Waals surface area contributed by atoms with Crippen LogP contribution in [0.4, 0.5) is 4.39 Å². The highest BCUT2D eigenvalue weighted by atomic mass is 19.1. The number of nitrogens with zero attached hydrogens (tertiary/aromatic N) is 1. The maximum absolute atomic E-state index is 13.2. The molecule has 1 aliphatic rings. The van der Waals surface area contributed by atoms with Gasteiger partial charge in [0.05, 0.1) is 0 Å². The van der Waals surface area contributed by atoms with Crippen molar-refractivity contribution in [1.82, 2.24) is 4.90 Å². The first-order valence-corrected chi connectivity index (χ1v) is 6.17. The number of benzene rings is 1. The molecular weight excluding hydrogens is 215 g/mol. The second kappa shape index (κ2) is 4.13. The molecule has 1 N–H and O–H groups in total. The lowest BCUT2D eigenvalue weighted by atomic mass is 9.93. The van der Waals surface area contributed by atoms with Gasteiger partial charge in [-0.05, 0) is 37.5 Å². The van der Waals surface area contributed by atoms with Crippen LogP contribution in [0.15, 0.2) is 18.2 Å². The first-order chi connectivity index (χ1) is 8.01. The smallest absolute Gasteiger partial charge is 0.129 e. The summed E-state index contributed by atoms with van der Waals surface area (Å²) in [4.78, 5) is 2.09. The minimum atomic E-state index is -0.259. The Hall–Kier alpha value is -1.38. The number of hydrogen-bond acceptors (Lipinski definition) is 1. The minimum Gasteiger partial charge on any atom is -0.347 e. The predicted molar refractivity (Wildman–Crippen MR) is 67.8 cm³/mol. The molecule has 1 aromatic rings. The molecule has 0 unspecified atom stereocenters. The predicted octanol–water partition coefficient (Wildman–Crippen LogP) is 3.55. The van der Waals surface area contributed by atoms with E-state index in [1.54, 1.807) is 6.07 Å². The summed E-state index contributed by atoms with van der Waals surface area (Å²) < 4.78 is 13.2. The second-order valence-electron chi connectivity index (χ2n) is 4.94. The normalized spacial score (nSPS) is 15.3. The zero-order chi connectivity index (χ0) is 12.6. The molecule has 0 saturated heterocycles. The van der Waals surface area contributed by atoms with E-state index in [9.17, 15) is 4.39 Å². The number of amidine groups is 1. The summed E-state index contributed by atoms with van der Waals surface area (Å²) in [7, 11) is 0. The summed E-state index contributed by atoms with van der Waals surface area (Å²) in [6.45, 7) is 7.18. The van der Waals surface area contributed by atoms with Crippen molar-refractivity contribution in [3.63, 3.8) is 0 Å². The third-order valence-corrected chi connectivity index (χ3v) is 4.10. The second-order valence-corrected chi connectivity index (χ2v) is 4.94. The van der Waals surface area contributed by atoms with Crippen molar-refractivity contribution < 1.29 is 4.39 Å². The Morgan fingerprint density at radius 2 is 2.00 bits per heavy atom.